The molecule has 0 aliphatic heterocycles. The molecule has 16 heavy (non-hydrogen) atoms. The Morgan fingerprint density at radius 1 is 1.12 bits per heavy atom. The molecule has 1 heterocycles. The Labute approximate surface area is 99.1 Å². The number of aryl methyl sites for hydroxylation is 1. The number of ether oxygens (including phenoxy) is 1. The van der Waals surface area contributed by atoms with Gasteiger partial charge in [0, 0.05) is 5.56 Å². The normalized spacial score (nSPS) is 10.2. The number of aromatic nitrogens is 2. The first-order valence-corrected chi connectivity index (χ1v) is 5.23. The van der Waals surface area contributed by atoms with Crippen LogP contribution >= 0.6 is 11.6 Å². The van der Waals surface area contributed by atoms with E-state index < -0.39 is 0 Å². The van der Waals surface area contributed by atoms with E-state index in [-0.39, 0.29) is 0 Å². The van der Waals surface area contributed by atoms with Crippen LogP contribution in [0.15, 0.2) is 30.3 Å². The van der Waals surface area contributed by atoms with Gasteiger partial charge in [-0.1, -0.05) is 41.9 Å². The third kappa shape index (κ3) is 1.99. The zero-order valence-corrected chi connectivity index (χ0v) is 9.82. The van der Waals surface area contributed by atoms with Crippen molar-refractivity contribution in [3.8, 4) is 17.1 Å². The summed E-state index contributed by atoms with van der Waals surface area (Å²) in [4.78, 5) is 8.54. The van der Waals surface area contributed by atoms with E-state index in [0.29, 0.717) is 11.0 Å². The van der Waals surface area contributed by atoms with Crippen LogP contribution < -0.4 is 4.74 Å². The van der Waals surface area contributed by atoms with Crippen molar-refractivity contribution in [1.29, 1.82) is 0 Å². The summed E-state index contributed by atoms with van der Waals surface area (Å²) in [5, 5.41) is 0.291. The highest BCUT2D eigenvalue weighted by molar-refractivity contribution is 6.30. The maximum Gasteiger partial charge on any atom is 0.252 e. The minimum Gasteiger partial charge on any atom is -0.479 e. The van der Waals surface area contributed by atoms with Crippen molar-refractivity contribution < 1.29 is 4.74 Å². The molecule has 0 aliphatic carbocycles. The minimum absolute atomic E-state index is 0.291. The van der Waals surface area contributed by atoms with Crippen LogP contribution in [0.5, 0.6) is 5.88 Å². The second kappa shape index (κ2) is 4.49. The van der Waals surface area contributed by atoms with Gasteiger partial charge in [0.2, 0.25) is 0 Å². The van der Waals surface area contributed by atoms with E-state index in [1.807, 2.05) is 37.3 Å². The highest BCUT2D eigenvalue weighted by Crippen LogP contribution is 2.26. The summed E-state index contributed by atoms with van der Waals surface area (Å²) >= 11 is 5.89. The van der Waals surface area contributed by atoms with E-state index in [4.69, 9.17) is 16.3 Å². The van der Waals surface area contributed by atoms with Gasteiger partial charge in [-0.3, -0.25) is 0 Å². The molecule has 2 aromatic rings. The Hall–Kier alpha value is -1.61. The minimum atomic E-state index is 0.291. The van der Waals surface area contributed by atoms with Crippen LogP contribution in [0.1, 0.15) is 5.69 Å². The summed E-state index contributed by atoms with van der Waals surface area (Å²) in [6, 6.07) is 9.82. The van der Waals surface area contributed by atoms with E-state index in [1.54, 1.807) is 0 Å². The average Bonchev–Trinajstić information content (AvgIpc) is 2.30. The predicted molar refractivity (Wildman–Crippen MR) is 63.8 cm³/mol. The number of methoxy groups -OCH3 is 1. The van der Waals surface area contributed by atoms with Gasteiger partial charge in [-0.2, -0.15) is 0 Å². The Morgan fingerprint density at radius 3 is 2.44 bits per heavy atom. The molecule has 0 radical (unpaired) electrons. The van der Waals surface area contributed by atoms with Crippen LogP contribution in [-0.4, -0.2) is 17.1 Å². The van der Waals surface area contributed by atoms with Gasteiger partial charge in [0.05, 0.1) is 18.5 Å². The molecule has 0 saturated heterocycles. The third-order valence-electron chi connectivity index (χ3n) is 2.24. The molecular weight excluding hydrogens is 224 g/mol. The molecule has 3 nitrogen and oxygen atoms in total. The van der Waals surface area contributed by atoms with E-state index in [1.165, 1.54) is 7.11 Å². The van der Waals surface area contributed by atoms with Crippen molar-refractivity contribution in [2.75, 3.05) is 7.11 Å². The molecule has 0 N–H and O–H groups in total. The molecule has 0 aliphatic rings. The van der Waals surface area contributed by atoms with Gasteiger partial charge >= 0.3 is 0 Å². The van der Waals surface area contributed by atoms with Crippen molar-refractivity contribution in [1.82, 2.24) is 9.97 Å². The molecule has 2 rings (SSSR count). The van der Waals surface area contributed by atoms with Crippen molar-refractivity contribution in [3.63, 3.8) is 0 Å². The lowest BCUT2D eigenvalue weighted by molar-refractivity contribution is 0.396. The topological polar surface area (TPSA) is 35.0 Å². The molecule has 1 aromatic heterocycles. The van der Waals surface area contributed by atoms with Gasteiger partial charge in [0.1, 0.15) is 0 Å². The van der Waals surface area contributed by atoms with Gasteiger partial charge in [0.25, 0.3) is 5.88 Å². The van der Waals surface area contributed by atoms with E-state index in [0.717, 1.165) is 17.0 Å². The lowest BCUT2D eigenvalue weighted by Crippen LogP contribution is -1.97. The number of halogens is 1. The number of nitrogens with zero attached hydrogens (tertiary/aromatic N) is 2. The van der Waals surface area contributed by atoms with Crippen LogP contribution in [0.3, 0.4) is 0 Å². The second-order valence-electron chi connectivity index (χ2n) is 3.32. The Balaban J connectivity index is 2.57. The van der Waals surface area contributed by atoms with E-state index >= 15 is 0 Å². The monoisotopic (exact) mass is 234 g/mol. The Kier molecular flexibility index (Phi) is 3.06. The number of hydrogen-bond donors (Lipinski definition) is 0. The average molecular weight is 235 g/mol. The van der Waals surface area contributed by atoms with Crippen LogP contribution in [0, 0.1) is 6.92 Å². The summed E-state index contributed by atoms with van der Waals surface area (Å²) in [5.41, 5.74) is 2.58. The molecule has 1 aromatic carbocycles. The number of rotatable bonds is 2. The molecule has 0 bridgehead atoms. The second-order valence-corrected chi connectivity index (χ2v) is 3.68. The molecular formula is C12H11ClN2O. The molecule has 0 amide bonds. The molecule has 4 heteroatoms. The smallest absolute Gasteiger partial charge is 0.252 e. The molecule has 0 spiro atoms. The van der Waals surface area contributed by atoms with Gasteiger partial charge < -0.3 is 4.74 Å². The standard InChI is InChI=1S/C12H11ClN2O/c1-8-10(9-6-4-3-5-7-9)15-12(16-2)11(13)14-8/h3-7H,1-2H3. The summed E-state index contributed by atoms with van der Waals surface area (Å²) in [7, 11) is 1.53. The van der Waals surface area contributed by atoms with Gasteiger partial charge in [-0.25, -0.2) is 9.97 Å². The van der Waals surface area contributed by atoms with Crippen molar-refractivity contribution in [3.05, 3.63) is 41.2 Å². The van der Waals surface area contributed by atoms with E-state index in [2.05, 4.69) is 9.97 Å². The quantitative estimate of drug-likeness (QED) is 0.801. The molecule has 0 saturated carbocycles. The first kappa shape index (κ1) is 10.9. The maximum atomic E-state index is 5.89. The highest BCUT2D eigenvalue weighted by atomic mass is 35.5. The molecule has 0 atom stereocenters. The third-order valence-corrected chi connectivity index (χ3v) is 2.49. The Bertz CT molecular complexity index is 500. The van der Waals surface area contributed by atoms with Crippen molar-refractivity contribution >= 4 is 11.6 Å². The fraction of sp³-hybridized carbons (Fsp3) is 0.167. The molecule has 82 valence electrons. The van der Waals surface area contributed by atoms with Gasteiger partial charge in [0.15, 0.2) is 5.15 Å². The fourth-order valence-corrected chi connectivity index (χ4v) is 1.72. The maximum absolute atomic E-state index is 5.89. The fourth-order valence-electron chi connectivity index (χ4n) is 1.48. The zero-order valence-electron chi connectivity index (χ0n) is 9.07. The molecule has 0 fully saturated rings. The number of benzene rings is 1. The first-order chi connectivity index (χ1) is 7.72. The van der Waals surface area contributed by atoms with Crippen LogP contribution in [0.2, 0.25) is 5.15 Å². The first-order valence-electron chi connectivity index (χ1n) is 4.86. The summed E-state index contributed by atoms with van der Waals surface area (Å²) < 4.78 is 5.06. The zero-order chi connectivity index (χ0) is 11.5. The van der Waals surface area contributed by atoms with Crippen LogP contribution in [0.4, 0.5) is 0 Å². The molecule has 0 unspecified atom stereocenters. The summed E-state index contributed by atoms with van der Waals surface area (Å²) in [5.74, 6) is 0.353. The van der Waals surface area contributed by atoms with Crippen molar-refractivity contribution in [2.45, 2.75) is 6.92 Å². The lowest BCUT2D eigenvalue weighted by Gasteiger charge is -2.07. The SMILES string of the molecule is COc1nc(-c2ccccc2)c(C)nc1Cl. The van der Waals surface area contributed by atoms with Crippen LogP contribution in [0.25, 0.3) is 11.3 Å². The number of hydrogen-bond acceptors (Lipinski definition) is 3. The lowest BCUT2D eigenvalue weighted by atomic mass is 10.1. The largest absolute Gasteiger partial charge is 0.479 e. The van der Waals surface area contributed by atoms with Gasteiger partial charge in [-0.15, -0.1) is 0 Å². The van der Waals surface area contributed by atoms with Gasteiger partial charge in [-0.05, 0) is 6.92 Å². The predicted octanol–water partition coefficient (Wildman–Crippen LogP) is 3.11. The Morgan fingerprint density at radius 2 is 1.81 bits per heavy atom. The highest BCUT2D eigenvalue weighted by Gasteiger charge is 2.10. The van der Waals surface area contributed by atoms with Crippen molar-refractivity contribution in [2.24, 2.45) is 0 Å². The van der Waals surface area contributed by atoms with Crippen LogP contribution in [-0.2, 0) is 0 Å². The summed E-state index contributed by atoms with van der Waals surface area (Å²) in [6.07, 6.45) is 0. The van der Waals surface area contributed by atoms with E-state index in [9.17, 15) is 0 Å². The summed E-state index contributed by atoms with van der Waals surface area (Å²) in [6.45, 7) is 1.88.